The van der Waals surface area contributed by atoms with Gasteiger partial charge in [-0.1, -0.05) is 11.6 Å². The third kappa shape index (κ3) is 3.35. The average Bonchev–Trinajstić information content (AvgIpc) is 2.62. The highest BCUT2D eigenvalue weighted by Crippen LogP contribution is 2.32. The van der Waals surface area contributed by atoms with Crippen LogP contribution in [0.1, 0.15) is 5.76 Å². The molecule has 0 saturated heterocycles. The largest absolute Gasteiger partial charge is 0.454 e. The summed E-state index contributed by atoms with van der Waals surface area (Å²) < 4.78 is 19.8. The second-order valence-corrected chi connectivity index (χ2v) is 5.63. The Morgan fingerprint density at radius 3 is 2.76 bits per heavy atom. The van der Waals surface area contributed by atoms with E-state index < -0.39 is 0 Å². The van der Waals surface area contributed by atoms with Crippen LogP contribution in [-0.4, -0.2) is 0 Å². The molecule has 0 fully saturated rings. The summed E-state index contributed by atoms with van der Waals surface area (Å²) in [5, 5.41) is 3.43. The number of halogens is 4. The first kappa shape index (κ1) is 13.2. The van der Waals surface area contributed by atoms with E-state index in [1.807, 2.05) is 12.1 Å². The van der Waals surface area contributed by atoms with Gasteiger partial charge in [0.15, 0.2) is 3.77 Å². The minimum absolute atomic E-state index is 0.332. The summed E-state index contributed by atoms with van der Waals surface area (Å²) >= 11 is 11.3. The van der Waals surface area contributed by atoms with Crippen LogP contribution in [0, 0.1) is 9.58 Å². The number of benzene rings is 1. The highest BCUT2D eigenvalue weighted by Gasteiger charge is 2.08. The van der Waals surface area contributed by atoms with Gasteiger partial charge in [-0.15, -0.1) is 0 Å². The van der Waals surface area contributed by atoms with Crippen molar-refractivity contribution in [2.24, 2.45) is 0 Å². The third-order valence-corrected chi connectivity index (χ3v) is 3.58. The number of hydrogen-bond acceptors (Lipinski definition) is 2. The first-order chi connectivity index (χ1) is 8.06. The molecule has 1 aromatic heterocycles. The molecule has 1 aromatic carbocycles. The lowest BCUT2D eigenvalue weighted by Crippen LogP contribution is -2.00. The van der Waals surface area contributed by atoms with Crippen molar-refractivity contribution in [3.8, 4) is 0 Å². The Labute approximate surface area is 125 Å². The quantitative estimate of drug-likeness (QED) is 0.690. The van der Waals surface area contributed by atoms with Crippen molar-refractivity contribution in [1.29, 1.82) is 0 Å². The minimum Gasteiger partial charge on any atom is -0.454 e. The molecule has 6 heteroatoms. The number of nitrogens with one attached hydrogen (secondary N) is 1. The van der Waals surface area contributed by atoms with E-state index in [1.54, 1.807) is 0 Å². The van der Waals surface area contributed by atoms with Crippen LogP contribution in [0.4, 0.5) is 10.1 Å². The molecule has 0 unspecified atom stereocenters. The first-order valence-corrected chi connectivity index (χ1v) is 6.94. The van der Waals surface area contributed by atoms with Gasteiger partial charge in [0, 0.05) is 4.47 Å². The zero-order chi connectivity index (χ0) is 12.4. The van der Waals surface area contributed by atoms with Gasteiger partial charge in [-0.2, -0.15) is 0 Å². The van der Waals surface area contributed by atoms with E-state index >= 15 is 0 Å². The topological polar surface area (TPSA) is 25.2 Å². The molecule has 0 atom stereocenters. The Morgan fingerprint density at radius 2 is 2.18 bits per heavy atom. The van der Waals surface area contributed by atoms with Crippen molar-refractivity contribution in [1.82, 2.24) is 0 Å². The van der Waals surface area contributed by atoms with Gasteiger partial charge >= 0.3 is 0 Å². The Morgan fingerprint density at radius 1 is 1.41 bits per heavy atom. The molecule has 1 heterocycles. The summed E-state index contributed by atoms with van der Waals surface area (Å²) in [7, 11) is 0. The molecule has 0 amide bonds. The molecule has 0 saturated carbocycles. The number of rotatable bonds is 3. The molecule has 0 aliphatic carbocycles. The zero-order valence-electron chi connectivity index (χ0n) is 8.44. The zero-order valence-corrected chi connectivity index (χ0v) is 12.9. The molecule has 2 nitrogen and oxygen atoms in total. The molecular weight excluding hydrogens is 423 g/mol. The van der Waals surface area contributed by atoms with Crippen LogP contribution in [0.2, 0.25) is 5.02 Å². The van der Waals surface area contributed by atoms with Crippen LogP contribution in [-0.2, 0) is 6.54 Å². The van der Waals surface area contributed by atoms with Crippen LogP contribution < -0.4 is 5.32 Å². The van der Waals surface area contributed by atoms with Crippen LogP contribution >= 0.6 is 50.1 Å². The SMILES string of the molecule is Fc1cc(Cl)c(NCc2ccc(I)o2)c(Br)c1. The van der Waals surface area contributed by atoms with Crippen LogP contribution in [0.15, 0.2) is 33.2 Å². The lowest BCUT2D eigenvalue weighted by atomic mass is 10.3. The third-order valence-electron chi connectivity index (χ3n) is 2.08. The highest BCUT2D eigenvalue weighted by molar-refractivity contribution is 14.1. The summed E-state index contributed by atoms with van der Waals surface area (Å²) in [6, 6.07) is 6.37. The normalized spacial score (nSPS) is 10.6. The Hall–Kier alpha value is -0.270. The summed E-state index contributed by atoms with van der Waals surface area (Å²) in [5.74, 6) is 0.418. The molecule has 0 aliphatic heterocycles. The Balaban J connectivity index is 2.14. The van der Waals surface area contributed by atoms with E-state index in [-0.39, 0.29) is 5.82 Å². The Kier molecular flexibility index (Phi) is 4.32. The second-order valence-electron chi connectivity index (χ2n) is 3.30. The Bertz CT molecular complexity index is 523. The number of hydrogen-bond donors (Lipinski definition) is 1. The fraction of sp³-hybridized carbons (Fsp3) is 0.0909. The predicted octanol–water partition coefficient (Wildman–Crippen LogP) is 5.05. The van der Waals surface area contributed by atoms with E-state index in [2.05, 4.69) is 43.8 Å². The molecule has 0 spiro atoms. The molecule has 90 valence electrons. The van der Waals surface area contributed by atoms with Gasteiger partial charge in [0.25, 0.3) is 0 Å². The number of furan rings is 1. The fourth-order valence-electron chi connectivity index (χ4n) is 1.33. The molecule has 0 bridgehead atoms. The minimum atomic E-state index is -0.375. The average molecular weight is 430 g/mol. The van der Waals surface area contributed by atoms with Gasteiger partial charge in [0.2, 0.25) is 0 Å². The molecule has 17 heavy (non-hydrogen) atoms. The molecule has 0 radical (unpaired) electrons. The van der Waals surface area contributed by atoms with Gasteiger partial charge in [0.05, 0.1) is 17.3 Å². The second kappa shape index (κ2) is 5.58. The lowest BCUT2D eigenvalue weighted by molar-refractivity contribution is 0.493. The first-order valence-electron chi connectivity index (χ1n) is 4.69. The van der Waals surface area contributed by atoms with Gasteiger partial charge in [0.1, 0.15) is 11.6 Å². The van der Waals surface area contributed by atoms with Gasteiger partial charge in [-0.25, -0.2) is 4.39 Å². The smallest absolute Gasteiger partial charge is 0.164 e. The van der Waals surface area contributed by atoms with E-state index in [4.69, 9.17) is 16.0 Å². The van der Waals surface area contributed by atoms with Gasteiger partial charge < -0.3 is 9.73 Å². The van der Waals surface area contributed by atoms with E-state index in [9.17, 15) is 4.39 Å². The van der Waals surface area contributed by atoms with Crippen molar-refractivity contribution in [3.05, 3.63) is 49.1 Å². The highest BCUT2D eigenvalue weighted by atomic mass is 127. The maximum absolute atomic E-state index is 13.0. The molecule has 1 N–H and O–H groups in total. The van der Waals surface area contributed by atoms with Crippen LogP contribution in [0.3, 0.4) is 0 Å². The number of anilines is 1. The fourth-order valence-corrected chi connectivity index (χ4v) is 2.76. The van der Waals surface area contributed by atoms with E-state index in [0.29, 0.717) is 21.7 Å². The van der Waals surface area contributed by atoms with Crippen LogP contribution in [0.25, 0.3) is 0 Å². The summed E-state index contributed by atoms with van der Waals surface area (Å²) in [5.41, 5.74) is 0.652. The lowest BCUT2D eigenvalue weighted by Gasteiger charge is -2.09. The van der Waals surface area contributed by atoms with Crippen molar-refractivity contribution in [2.45, 2.75) is 6.54 Å². The van der Waals surface area contributed by atoms with Gasteiger partial charge in [-0.05, 0) is 62.8 Å². The maximum Gasteiger partial charge on any atom is 0.164 e. The van der Waals surface area contributed by atoms with Crippen molar-refractivity contribution in [2.75, 3.05) is 5.32 Å². The summed E-state index contributed by atoms with van der Waals surface area (Å²) in [4.78, 5) is 0. The maximum atomic E-state index is 13.0. The molecule has 2 rings (SSSR count). The van der Waals surface area contributed by atoms with Crippen molar-refractivity contribution < 1.29 is 8.81 Å². The standard InChI is InChI=1S/C11H7BrClFINO/c12-8-3-6(14)4-9(13)11(8)16-5-7-1-2-10(15)17-7/h1-4,16H,5H2. The van der Waals surface area contributed by atoms with Crippen molar-refractivity contribution >= 4 is 55.8 Å². The van der Waals surface area contributed by atoms with E-state index in [0.717, 1.165) is 9.53 Å². The monoisotopic (exact) mass is 429 g/mol. The predicted molar refractivity (Wildman–Crippen MR) is 77.9 cm³/mol. The summed E-state index contributed by atoms with van der Waals surface area (Å²) in [6.45, 7) is 0.493. The molecular formula is C11H7BrClFINO. The van der Waals surface area contributed by atoms with Gasteiger partial charge in [-0.3, -0.25) is 0 Å². The van der Waals surface area contributed by atoms with E-state index in [1.165, 1.54) is 12.1 Å². The molecule has 0 aliphatic rings. The molecule has 2 aromatic rings. The van der Waals surface area contributed by atoms with Crippen molar-refractivity contribution in [3.63, 3.8) is 0 Å². The summed E-state index contributed by atoms with van der Waals surface area (Å²) in [6.07, 6.45) is 0. The van der Waals surface area contributed by atoms with Crippen LogP contribution in [0.5, 0.6) is 0 Å².